The second-order valence-corrected chi connectivity index (χ2v) is 5.77. The lowest BCUT2D eigenvalue weighted by Gasteiger charge is -2.02. The minimum atomic E-state index is 0.601. The van der Waals surface area contributed by atoms with Gasteiger partial charge in [-0.05, 0) is 24.4 Å². The highest BCUT2D eigenvalue weighted by Crippen LogP contribution is 2.21. The van der Waals surface area contributed by atoms with E-state index in [0.29, 0.717) is 4.77 Å². The molecule has 0 saturated carbocycles. The second kappa shape index (κ2) is 5.90. The summed E-state index contributed by atoms with van der Waals surface area (Å²) < 4.78 is 6.02. The van der Waals surface area contributed by atoms with Crippen molar-refractivity contribution in [2.45, 2.75) is 0 Å². The summed E-state index contributed by atoms with van der Waals surface area (Å²) in [6.07, 6.45) is 1.72. The van der Waals surface area contributed by atoms with E-state index in [0.717, 1.165) is 22.8 Å². The van der Waals surface area contributed by atoms with E-state index < -0.39 is 0 Å². The number of benzene rings is 2. The predicted octanol–water partition coefficient (Wildman–Crippen LogP) is 3.79. The van der Waals surface area contributed by atoms with E-state index in [9.17, 15) is 0 Å². The Morgan fingerprint density at radius 1 is 0.917 bits per heavy atom. The Hall–Kier alpha value is -2.99. The summed E-state index contributed by atoms with van der Waals surface area (Å²) in [5.41, 5.74) is 2.91. The zero-order chi connectivity index (χ0) is 16.5. The third-order valence-corrected chi connectivity index (χ3v) is 4.21. The van der Waals surface area contributed by atoms with Crippen molar-refractivity contribution in [2.24, 2.45) is 7.05 Å². The highest BCUT2D eigenvalue weighted by Gasteiger charge is 2.12. The molecular formula is C18H15N5S. The summed E-state index contributed by atoms with van der Waals surface area (Å²) >= 11 is 5.60. The average Bonchev–Trinajstić information content (AvgIpc) is 3.19. The summed E-state index contributed by atoms with van der Waals surface area (Å²) in [7, 11) is 1.91. The predicted molar refractivity (Wildman–Crippen MR) is 95.9 cm³/mol. The molecule has 0 unspecified atom stereocenters. The number of para-hydroxylation sites is 1. The summed E-state index contributed by atoms with van der Waals surface area (Å²) in [5.74, 6) is 0.876. The molecule has 0 fully saturated rings. The summed E-state index contributed by atoms with van der Waals surface area (Å²) in [6, 6.07) is 22.0. The first-order valence-corrected chi connectivity index (χ1v) is 7.97. The Morgan fingerprint density at radius 2 is 1.58 bits per heavy atom. The molecule has 118 valence electrons. The molecule has 2 heterocycles. The van der Waals surface area contributed by atoms with Crippen molar-refractivity contribution >= 4 is 12.2 Å². The zero-order valence-electron chi connectivity index (χ0n) is 13.1. The van der Waals surface area contributed by atoms with Gasteiger partial charge in [-0.3, -0.25) is 9.25 Å². The molecule has 2 aromatic heterocycles. The Morgan fingerprint density at radius 3 is 2.29 bits per heavy atom. The van der Waals surface area contributed by atoms with Gasteiger partial charge < -0.3 is 0 Å². The molecule has 0 atom stereocenters. The lowest BCUT2D eigenvalue weighted by Crippen LogP contribution is -2.03. The van der Waals surface area contributed by atoms with Gasteiger partial charge >= 0.3 is 0 Å². The van der Waals surface area contributed by atoms with Gasteiger partial charge in [0.1, 0.15) is 12.1 Å². The standard InChI is InChI=1S/C18H15N5S/c1-21-17(12-16(20-21)14-8-4-2-5-9-14)22-13-19-23(18(22)24)15-10-6-3-7-11-15/h2-13H,1H3. The normalized spacial score (nSPS) is 10.9. The number of hydrogen-bond donors (Lipinski definition) is 0. The molecule has 0 N–H and O–H groups in total. The summed E-state index contributed by atoms with van der Waals surface area (Å²) in [5, 5.41) is 9.01. The molecule has 4 aromatic rings. The van der Waals surface area contributed by atoms with E-state index >= 15 is 0 Å². The van der Waals surface area contributed by atoms with Crippen LogP contribution in [0, 0.1) is 4.77 Å². The van der Waals surface area contributed by atoms with Crippen molar-refractivity contribution in [1.82, 2.24) is 24.1 Å². The van der Waals surface area contributed by atoms with Crippen molar-refractivity contribution in [1.29, 1.82) is 0 Å². The molecule has 6 heteroatoms. The van der Waals surface area contributed by atoms with Gasteiger partial charge in [0.25, 0.3) is 0 Å². The molecule has 0 saturated heterocycles. The first-order chi connectivity index (χ1) is 11.7. The maximum Gasteiger partial charge on any atom is 0.208 e. The molecule has 0 amide bonds. The largest absolute Gasteiger partial charge is 0.258 e. The molecule has 0 spiro atoms. The first-order valence-electron chi connectivity index (χ1n) is 7.56. The van der Waals surface area contributed by atoms with Crippen molar-refractivity contribution in [3.63, 3.8) is 0 Å². The van der Waals surface area contributed by atoms with Crippen LogP contribution in [0.25, 0.3) is 22.8 Å². The molecule has 24 heavy (non-hydrogen) atoms. The Labute approximate surface area is 144 Å². The van der Waals surface area contributed by atoms with Gasteiger partial charge in [0.15, 0.2) is 0 Å². The zero-order valence-corrected chi connectivity index (χ0v) is 13.9. The van der Waals surface area contributed by atoms with E-state index in [4.69, 9.17) is 12.2 Å². The van der Waals surface area contributed by atoms with Gasteiger partial charge in [0.2, 0.25) is 4.77 Å². The fourth-order valence-electron chi connectivity index (χ4n) is 2.64. The molecule has 0 aliphatic carbocycles. The van der Waals surface area contributed by atoms with Crippen LogP contribution in [0.1, 0.15) is 0 Å². The van der Waals surface area contributed by atoms with Crippen LogP contribution in [0.15, 0.2) is 73.1 Å². The van der Waals surface area contributed by atoms with Crippen molar-refractivity contribution in [3.8, 4) is 22.8 Å². The maximum absolute atomic E-state index is 5.60. The van der Waals surface area contributed by atoms with Gasteiger partial charge in [-0.15, -0.1) is 0 Å². The van der Waals surface area contributed by atoms with Crippen LogP contribution in [-0.2, 0) is 7.05 Å². The SMILES string of the molecule is Cn1nc(-c2ccccc2)cc1-n1cnn(-c2ccccc2)c1=S. The molecule has 0 aliphatic heterocycles. The van der Waals surface area contributed by atoms with E-state index in [-0.39, 0.29) is 0 Å². The molecule has 2 aromatic carbocycles. The smallest absolute Gasteiger partial charge is 0.208 e. The third kappa shape index (κ3) is 2.47. The highest BCUT2D eigenvalue weighted by atomic mass is 32.1. The monoisotopic (exact) mass is 333 g/mol. The van der Waals surface area contributed by atoms with Crippen molar-refractivity contribution in [3.05, 3.63) is 77.8 Å². The number of aromatic nitrogens is 5. The fraction of sp³-hybridized carbons (Fsp3) is 0.0556. The van der Waals surface area contributed by atoms with Crippen molar-refractivity contribution in [2.75, 3.05) is 0 Å². The Bertz CT molecular complexity index is 1030. The van der Waals surface area contributed by atoms with Crippen LogP contribution in [0.4, 0.5) is 0 Å². The van der Waals surface area contributed by atoms with E-state index in [1.165, 1.54) is 0 Å². The second-order valence-electron chi connectivity index (χ2n) is 5.41. The molecule has 0 bridgehead atoms. The molecule has 0 aliphatic rings. The number of nitrogens with zero attached hydrogens (tertiary/aromatic N) is 5. The Kier molecular flexibility index (Phi) is 3.59. The van der Waals surface area contributed by atoms with Gasteiger partial charge in [-0.2, -0.15) is 10.2 Å². The number of hydrogen-bond acceptors (Lipinski definition) is 3. The van der Waals surface area contributed by atoms with E-state index in [2.05, 4.69) is 10.2 Å². The van der Waals surface area contributed by atoms with E-state index in [1.807, 2.05) is 83.0 Å². The van der Waals surface area contributed by atoms with Gasteiger partial charge in [0, 0.05) is 18.7 Å². The van der Waals surface area contributed by atoms with Gasteiger partial charge in [0.05, 0.1) is 11.4 Å². The van der Waals surface area contributed by atoms with Crippen LogP contribution in [0.3, 0.4) is 0 Å². The average molecular weight is 333 g/mol. The number of rotatable bonds is 3. The van der Waals surface area contributed by atoms with Gasteiger partial charge in [-0.25, -0.2) is 4.68 Å². The minimum absolute atomic E-state index is 0.601. The lowest BCUT2D eigenvalue weighted by molar-refractivity contribution is 0.726. The summed E-state index contributed by atoms with van der Waals surface area (Å²) in [4.78, 5) is 0. The minimum Gasteiger partial charge on any atom is -0.258 e. The van der Waals surface area contributed by atoms with E-state index in [1.54, 1.807) is 11.0 Å². The van der Waals surface area contributed by atoms with Crippen LogP contribution < -0.4 is 0 Å². The number of aryl methyl sites for hydroxylation is 1. The maximum atomic E-state index is 5.60. The topological polar surface area (TPSA) is 40.6 Å². The summed E-state index contributed by atoms with van der Waals surface area (Å²) in [6.45, 7) is 0. The molecule has 0 radical (unpaired) electrons. The highest BCUT2D eigenvalue weighted by molar-refractivity contribution is 7.71. The van der Waals surface area contributed by atoms with Crippen molar-refractivity contribution < 1.29 is 0 Å². The van der Waals surface area contributed by atoms with Crippen LogP contribution in [0.5, 0.6) is 0 Å². The van der Waals surface area contributed by atoms with Crippen LogP contribution in [0.2, 0.25) is 0 Å². The Balaban J connectivity index is 1.80. The third-order valence-electron chi connectivity index (χ3n) is 3.84. The lowest BCUT2D eigenvalue weighted by atomic mass is 10.2. The molecular weight excluding hydrogens is 318 g/mol. The van der Waals surface area contributed by atoms with Crippen LogP contribution >= 0.6 is 12.2 Å². The molecule has 4 rings (SSSR count). The molecule has 5 nitrogen and oxygen atoms in total. The quantitative estimate of drug-likeness (QED) is 0.536. The first kappa shape index (κ1) is 14.6. The fourth-order valence-corrected chi connectivity index (χ4v) is 2.93. The van der Waals surface area contributed by atoms with Crippen LogP contribution in [-0.4, -0.2) is 24.1 Å². The van der Waals surface area contributed by atoms with Gasteiger partial charge in [-0.1, -0.05) is 48.5 Å².